The fourth-order valence-corrected chi connectivity index (χ4v) is 2.10. The van der Waals surface area contributed by atoms with Crippen molar-refractivity contribution in [2.75, 3.05) is 13.2 Å². The minimum Gasteiger partial charge on any atom is -0.460 e. The maximum atomic E-state index is 11.4. The standard InChI is InChI=1S/C17H30O8/c1-12(2)14(18)21-10-9-20-13(3)22-15(19)23-25-24-17(7,8)11-16(4,5)6/h13H,1,9-11H2,2-8H3. The summed E-state index contributed by atoms with van der Waals surface area (Å²) in [6, 6.07) is 0. The number of esters is 1. The van der Waals surface area contributed by atoms with Crippen molar-refractivity contribution >= 4 is 12.1 Å². The van der Waals surface area contributed by atoms with Gasteiger partial charge in [0.25, 0.3) is 0 Å². The van der Waals surface area contributed by atoms with Gasteiger partial charge in [-0.2, -0.15) is 4.89 Å². The molecule has 146 valence electrons. The van der Waals surface area contributed by atoms with Crippen molar-refractivity contribution in [3.8, 4) is 0 Å². The molecule has 0 aliphatic heterocycles. The van der Waals surface area contributed by atoms with E-state index in [1.807, 2.05) is 13.8 Å². The largest absolute Gasteiger partial charge is 0.544 e. The molecule has 0 amide bonds. The highest BCUT2D eigenvalue weighted by Crippen LogP contribution is 2.29. The number of hydrogen-bond acceptors (Lipinski definition) is 8. The monoisotopic (exact) mass is 362 g/mol. The Morgan fingerprint density at radius 1 is 1.08 bits per heavy atom. The first-order chi connectivity index (χ1) is 11.3. The van der Waals surface area contributed by atoms with Gasteiger partial charge in [0.15, 0.2) is 0 Å². The number of carbonyl (C=O) groups is 2. The molecule has 0 bridgehead atoms. The van der Waals surface area contributed by atoms with Gasteiger partial charge in [0, 0.05) is 5.57 Å². The zero-order valence-electron chi connectivity index (χ0n) is 16.2. The van der Waals surface area contributed by atoms with Crippen LogP contribution in [-0.4, -0.2) is 37.2 Å². The molecule has 0 aromatic carbocycles. The average Bonchev–Trinajstić information content (AvgIpc) is 2.39. The van der Waals surface area contributed by atoms with Crippen LogP contribution in [0.5, 0.6) is 0 Å². The third-order valence-electron chi connectivity index (χ3n) is 2.60. The van der Waals surface area contributed by atoms with E-state index in [-0.39, 0.29) is 18.6 Å². The van der Waals surface area contributed by atoms with Crippen LogP contribution in [0.1, 0.15) is 54.9 Å². The SMILES string of the molecule is C=C(C)C(=O)OCCOC(C)OC(=O)OOOC(C)(C)CC(C)(C)C. The minimum absolute atomic E-state index is 0.00897. The molecule has 0 heterocycles. The van der Waals surface area contributed by atoms with E-state index < -0.39 is 24.0 Å². The van der Waals surface area contributed by atoms with Crippen molar-refractivity contribution in [1.29, 1.82) is 0 Å². The number of rotatable bonds is 10. The summed E-state index contributed by atoms with van der Waals surface area (Å²) in [6.07, 6.45) is -1.35. The van der Waals surface area contributed by atoms with Crippen molar-refractivity contribution in [2.24, 2.45) is 5.41 Å². The van der Waals surface area contributed by atoms with Gasteiger partial charge in [-0.05, 0) is 44.6 Å². The lowest BCUT2D eigenvalue weighted by molar-refractivity contribution is -0.519. The molecule has 0 aromatic heterocycles. The van der Waals surface area contributed by atoms with E-state index in [1.54, 1.807) is 0 Å². The second-order valence-electron chi connectivity index (χ2n) is 7.45. The quantitative estimate of drug-likeness (QED) is 0.145. The van der Waals surface area contributed by atoms with Crippen LogP contribution in [0.3, 0.4) is 0 Å². The Kier molecular flexibility index (Phi) is 9.69. The number of carbonyl (C=O) groups excluding carboxylic acids is 2. The Bertz CT molecular complexity index is 450. The molecule has 25 heavy (non-hydrogen) atoms. The van der Waals surface area contributed by atoms with Gasteiger partial charge < -0.3 is 14.2 Å². The lowest BCUT2D eigenvalue weighted by atomic mass is 9.84. The fourth-order valence-electron chi connectivity index (χ4n) is 2.10. The van der Waals surface area contributed by atoms with Gasteiger partial charge >= 0.3 is 12.1 Å². The van der Waals surface area contributed by atoms with Gasteiger partial charge in [-0.1, -0.05) is 27.4 Å². The maximum absolute atomic E-state index is 11.4. The van der Waals surface area contributed by atoms with Crippen molar-refractivity contribution in [2.45, 2.75) is 66.8 Å². The molecule has 0 saturated carbocycles. The zero-order chi connectivity index (χ0) is 19.7. The molecule has 0 radical (unpaired) electrons. The Hall–Kier alpha value is -1.64. The first-order valence-corrected chi connectivity index (χ1v) is 7.99. The molecular weight excluding hydrogens is 332 g/mol. The smallest absolute Gasteiger partial charge is 0.460 e. The van der Waals surface area contributed by atoms with E-state index in [1.165, 1.54) is 13.8 Å². The molecule has 8 heteroatoms. The van der Waals surface area contributed by atoms with E-state index >= 15 is 0 Å². The van der Waals surface area contributed by atoms with Crippen LogP contribution in [0.4, 0.5) is 4.79 Å². The van der Waals surface area contributed by atoms with E-state index in [9.17, 15) is 9.59 Å². The van der Waals surface area contributed by atoms with Crippen molar-refractivity contribution in [3.63, 3.8) is 0 Å². The maximum Gasteiger partial charge on any atom is 0.544 e. The van der Waals surface area contributed by atoms with Crippen LogP contribution in [-0.2, 0) is 33.8 Å². The van der Waals surface area contributed by atoms with E-state index in [2.05, 4.69) is 37.3 Å². The van der Waals surface area contributed by atoms with Gasteiger partial charge in [0.05, 0.1) is 6.61 Å². The molecule has 8 nitrogen and oxygen atoms in total. The Labute approximate surface area is 149 Å². The predicted molar refractivity (Wildman–Crippen MR) is 89.1 cm³/mol. The van der Waals surface area contributed by atoms with Crippen LogP contribution in [0.2, 0.25) is 0 Å². The van der Waals surface area contributed by atoms with E-state index in [0.29, 0.717) is 12.0 Å². The third-order valence-corrected chi connectivity index (χ3v) is 2.60. The molecule has 0 aliphatic rings. The summed E-state index contributed by atoms with van der Waals surface area (Å²) in [5.74, 6) is -0.514. The highest BCUT2D eigenvalue weighted by molar-refractivity contribution is 5.86. The highest BCUT2D eigenvalue weighted by atomic mass is 17.5. The van der Waals surface area contributed by atoms with Crippen LogP contribution in [0.15, 0.2) is 12.2 Å². The third kappa shape index (κ3) is 13.3. The summed E-state index contributed by atoms with van der Waals surface area (Å²) >= 11 is 0. The molecule has 0 rings (SSSR count). The molecular formula is C17H30O8. The number of hydrogen-bond donors (Lipinski definition) is 0. The van der Waals surface area contributed by atoms with E-state index in [4.69, 9.17) is 19.1 Å². The average molecular weight is 362 g/mol. The summed E-state index contributed by atoms with van der Waals surface area (Å²) in [6.45, 7) is 16.3. The lowest BCUT2D eigenvalue weighted by Crippen LogP contribution is -2.31. The van der Waals surface area contributed by atoms with E-state index in [0.717, 1.165) is 0 Å². The fraction of sp³-hybridized carbons (Fsp3) is 0.765. The van der Waals surface area contributed by atoms with Crippen LogP contribution in [0.25, 0.3) is 0 Å². The molecule has 0 saturated heterocycles. The van der Waals surface area contributed by atoms with Gasteiger partial charge in [-0.15, -0.1) is 0 Å². The summed E-state index contributed by atoms with van der Waals surface area (Å²) in [7, 11) is 0. The van der Waals surface area contributed by atoms with Crippen LogP contribution >= 0.6 is 0 Å². The van der Waals surface area contributed by atoms with Gasteiger partial charge in [-0.25, -0.2) is 14.5 Å². The van der Waals surface area contributed by atoms with Crippen LogP contribution < -0.4 is 0 Å². The van der Waals surface area contributed by atoms with Crippen molar-refractivity contribution in [3.05, 3.63) is 12.2 Å². The van der Waals surface area contributed by atoms with Gasteiger partial charge in [0.2, 0.25) is 6.29 Å². The topological polar surface area (TPSA) is 89.5 Å². The molecule has 0 aliphatic carbocycles. The number of ether oxygens (including phenoxy) is 3. The van der Waals surface area contributed by atoms with Crippen molar-refractivity contribution < 1.29 is 38.6 Å². The summed E-state index contributed by atoms with van der Waals surface area (Å²) < 4.78 is 14.7. The molecule has 1 atom stereocenters. The lowest BCUT2D eigenvalue weighted by Gasteiger charge is -2.29. The van der Waals surface area contributed by atoms with Crippen LogP contribution in [0, 0.1) is 5.41 Å². The predicted octanol–water partition coefficient (Wildman–Crippen LogP) is 3.70. The first-order valence-electron chi connectivity index (χ1n) is 7.99. The summed E-state index contributed by atoms with van der Waals surface area (Å²) in [4.78, 5) is 32.0. The molecule has 1 unspecified atom stereocenters. The molecule has 0 N–H and O–H groups in total. The Balaban J connectivity index is 3.91. The normalized spacial score (nSPS) is 13.1. The van der Waals surface area contributed by atoms with Gasteiger partial charge in [-0.3, -0.25) is 0 Å². The Morgan fingerprint density at radius 3 is 2.20 bits per heavy atom. The molecule has 0 spiro atoms. The highest BCUT2D eigenvalue weighted by Gasteiger charge is 2.28. The zero-order valence-corrected chi connectivity index (χ0v) is 16.2. The first kappa shape index (κ1) is 23.4. The van der Waals surface area contributed by atoms with Crippen molar-refractivity contribution in [1.82, 2.24) is 0 Å². The Morgan fingerprint density at radius 2 is 1.68 bits per heavy atom. The summed E-state index contributed by atoms with van der Waals surface area (Å²) in [5.41, 5.74) is -0.337. The summed E-state index contributed by atoms with van der Waals surface area (Å²) in [5, 5.41) is 4.48. The van der Waals surface area contributed by atoms with Gasteiger partial charge in [0.1, 0.15) is 12.2 Å². The second kappa shape index (κ2) is 10.4. The minimum atomic E-state index is -1.11. The molecule has 0 aromatic rings. The molecule has 0 fully saturated rings. The second-order valence-corrected chi connectivity index (χ2v) is 7.45.